The van der Waals surface area contributed by atoms with Crippen LogP contribution in [0.3, 0.4) is 0 Å². The minimum absolute atomic E-state index is 0.277. The average Bonchev–Trinajstić information content (AvgIpc) is 2.44. The molecule has 3 heteroatoms. The van der Waals surface area contributed by atoms with Crippen molar-refractivity contribution in [3.05, 3.63) is 34.9 Å². The number of hydrogen-bond donors (Lipinski definition) is 1. The largest absolute Gasteiger partial charge is 0.338 e. The first-order chi connectivity index (χ1) is 9.61. The van der Waals surface area contributed by atoms with Gasteiger partial charge in [-0.25, -0.2) is 0 Å². The monoisotopic (exact) mass is 274 g/mol. The van der Waals surface area contributed by atoms with E-state index in [9.17, 15) is 4.79 Å². The highest BCUT2D eigenvalue weighted by molar-refractivity contribution is 5.79. The minimum Gasteiger partial charge on any atom is -0.338 e. The number of rotatable bonds is 4. The molecule has 1 amide bonds. The Morgan fingerprint density at radius 3 is 2.90 bits per heavy atom. The van der Waals surface area contributed by atoms with Gasteiger partial charge in [0.1, 0.15) is 0 Å². The molecule has 1 aromatic carbocycles. The molecule has 1 fully saturated rings. The lowest BCUT2D eigenvalue weighted by atomic mass is 9.98. The van der Waals surface area contributed by atoms with Crippen molar-refractivity contribution in [1.82, 2.24) is 10.2 Å². The van der Waals surface area contributed by atoms with Crippen LogP contribution in [0, 0.1) is 13.8 Å². The number of nitrogens with one attached hydrogen (secondary N) is 1. The van der Waals surface area contributed by atoms with Gasteiger partial charge in [-0.2, -0.15) is 0 Å². The Kier molecular flexibility index (Phi) is 5.18. The fraction of sp³-hybridized carbons (Fsp3) is 0.588. The first-order valence-corrected chi connectivity index (χ1v) is 7.62. The molecule has 1 atom stereocenters. The van der Waals surface area contributed by atoms with E-state index in [1.54, 1.807) is 0 Å². The summed E-state index contributed by atoms with van der Waals surface area (Å²) in [6.45, 7) is 5.98. The van der Waals surface area contributed by atoms with Crippen LogP contribution in [0.5, 0.6) is 0 Å². The van der Waals surface area contributed by atoms with Crippen molar-refractivity contribution >= 4 is 5.91 Å². The van der Waals surface area contributed by atoms with Gasteiger partial charge in [0.05, 0.1) is 6.42 Å². The molecule has 1 aromatic rings. The van der Waals surface area contributed by atoms with Crippen molar-refractivity contribution < 1.29 is 4.79 Å². The van der Waals surface area contributed by atoms with Crippen LogP contribution < -0.4 is 5.32 Å². The summed E-state index contributed by atoms with van der Waals surface area (Å²) in [5.74, 6) is 0.277. The molecule has 3 nitrogen and oxygen atoms in total. The number of aryl methyl sites for hydroxylation is 2. The van der Waals surface area contributed by atoms with Gasteiger partial charge in [-0.05, 0) is 51.3 Å². The molecule has 0 spiro atoms. The Balaban J connectivity index is 2.07. The third-order valence-electron chi connectivity index (χ3n) is 4.23. The van der Waals surface area contributed by atoms with E-state index in [-0.39, 0.29) is 5.91 Å². The normalized spacial score (nSPS) is 19.1. The van der Waals surface area contributed by atoms with Gasteiger partial charge >= 0.3 is 0 Å². The van der Waals surface area contributed by atoms with Crippen LogP contribution in [-0.2, 0) is 11.2 Å². The molecule has 1 heterocycles. The van der Waals surface area contributed by atoms with Crippen LogP contribution in [-0.4, -0.2) is 37.0 Å². The fourth-order valence-corrected chi connectivity index (χ4v) is 3.03. The molecule has 110 valence electrons. The molecule has 2 rings (SSSR count). The molecule has 0 aromatic heterocycles. The van der Waals surface area contributed by atoms with Crippen molar-refractivity contribution in [2.75, 3.05) is 20.1 Å². The van der Waals surface area contributed by atoms with Crippen LogP contribution in [0.15, 0.2) is 18.2 Å². The molecule has 20 heavy (non-hydrogen) atoms. The third-order valence-corrected chi connectivity index (χ3v) is 4.23. The number of amides is 1. The van der Waals surface area contributed by atoms with E-state index < -0.39 is 0 Å². The summed E-state index contributed by atoms with van der Waals surface area (Å²) in [7, 11) is 1.96. The lowest BCUT2D eigenvalue weighted by Gasteiger charge is -2.36. The summed E-state index contributed by atoms with van der Waals surface area (Å²) in [6, 6.07) is 6.73. The molecule has 0 bridgehead atoms. The number of likely N-dealkylation sites (N-methyl/N-ethyl adjacent to an activating group) is 1. The maximum absolute atomic E-state index is 12.6. The average molecular weight is 274 g/mol. The number of carbonyl (C=O) groups is 1. The fourth-order valence-electron chi connectivity index (χ4n) is 3.03. The number of nitrogens with zero attached hydrogens (tertiary/aromatic N) is 1. The second-order valence-electron chi connectivity index (χ2n) is 5.90. The van der Waals surface area contributed by atoms with E-state index in [4.69, 9.17) is 0 Å². The van der Waals surface area contributed by atoms with E-state index in [2.05, 4.69) is 42.3 Å². The first kappa shape index (κ1) is 15.0. The predicted molar refractivity (Wildman–Crippen MR) is 82.9 cm³/mol. The van der Waals surface area contributed by atoms with Crippen molar-refractivity contribution in [3.63, 3.8) is 0 Å². The molecule has 1 saturated heterocycles. The van der Waals surface area contributed by atoms with Gasteiger partial charge < -0.3 is 10.2 Å². The Morgan fingerprint density at radius 1 is 1.35 bits per heavy atom. The third kappa shape index (κ3) is 3.60. The second kappa shape index (κ2) is 6.89. The van der Waals surface area contributed by atoms with Gasteiger partial charge in [-0.1, -0.05) is 23.8 Å². The maximum Gasteiger partial charge on any atom is 0.227 e. The number of carbonyl (C=O) groups excluding carboxylic acids is 1. The smallest absolute Gasteiger partial charge is 0.227 e. The number of benzene rings is 1. The Hall–Kier alpha value is -1.35. The lowest BCUT2D eigenvalue weighted by molar-refractivity contribution is -0.134. The SMILES string of the molecule is CNCC1CCCCN1C(=O)Cc1cc(C)ccc1C. The number of piperidine rings is 1. The molecule has 1 aliphatic heterocycles. The summed E-state index contributed by atoms with van der Waals surface area (Å²) in [6.07, 6.45) is 4.03. The van der Waals surface area contributed by atoms with Gasteiger partial charge in [-0.3, -0.25) is 4.79 Å². The second-order valence-corrected chi connectivity index (χ2v) is 5.90. The zero-order chi connectivity index (χ0) is 14.5. The minimum atomic E-state index is 0.277. The predicted octanol–water partition coefficient (Wildman–Crippen LogP) is 2.45. The van der Waals surface area contributed by atoms with E-state index >= 15 is 0 Å². The Labute approximate surface area is 122 Å². The van der Waals surface area contributed by atoms with Crippen molar-refractivity contribution in [2.45, 2.75) is 45.6 Å². The van der Waals surface area contributed by atoms with Gasteiger partial charge in [0, 0.05) is 19.1 Å². The van der Waals surface area contributed by atoms with E-state index in [1.165, 1.54) is 23.1 Å². The van der Waals surface area contributed by atoms with Crippen molar-refractivity contribution in [2.24, 2.45) is 0 Å². The molecule has 0 aliphatic carbocycles. The summed E-state index contributed by atoms with van der Waals surface area (Å²) in [5, 5.41) is 3.21. The molecule has 0 radical (unpaired) electrons. The molecule has 1 N–H and O–H groups in total. The van der Waals surface area contributed by atoms with E-state index in [0.717, 1.165) is 25.9 Å². The Bertz CT molecular complexity index is 468. The van der Waals surface area contributed by atoms with Crippen molar-refractivity contribution in [3.8, 4) is 0 Å². The zero-order valence-corrected chi connectivity index (χ0v) is 12.9. The molecular weight excluding hydrogens is 248 g/mol. The number of likely N-dealkylation sites (tertiary alicyclic amines) is 1. The molecule has 0 saturated carbocycles. The highest BCUT2D eigenvalue weighted by Gasteiger charge is 2.26. The van der Waals surface area contributed by atoms with Gasteiger partial charge in [-0.15, -0.1) is 0 Å². The molecule has 1 aliphatic rings. The van der Waals surface area contributed by atoms with Crippen LogP contribution in [0.2, 0.25) is 0 Å². The van der Waals surface area contributed by atoms with E-state index in [1.807, 2.05) is 7.05 Å². The summed E-state index contributed by atoms with van der Waals surface area (Å²) < 4.78 is 0. The van der Waals surface area contributed by atoms with Gasteiger partial charge in [0.25, 0.3) is 0 Å². The first-order valence-electron chi connectivity index (χ1n) is 7.62. The lowest BCUT2D eigenvalue weighted by Crippen LogP contribution is -2.48. The van der Waals surface area contributed by atoms with Crippen LogP contribution in [0.4, 0.5) is 0 Å². The summed E-state index contributed by atoms with van der Waals surface area (Å²) in [4.78, 5) is 14.7. The summed E-state index contributed by atoms with van der Waals surface area (Å²) in [5.41, 5.74) is 3.61. The summed E-state index contributed by atoms with van der Waals surface area (Å²) >= 11 is 0. The van der Waals surface area contributed by atoms with Crippen LogP contribution in [0.25, 0.3) is 0 Å². The molecule has 1 unspecified atom stereocenters. The van der Waals surface area contributed by atoms with Gasteiger partial charge in [0.2, 0.25) is 5.91 Å². The topological polar surface area (TPSA) is 32.3 Å². The Morgan fingerprint density at radius 2 is 2.15 bits per heavy atom. The van der Waals surface area contributed by atoms with Crippen LogP contribution in [0.1, 0.15) is 36.0 Å². The molecular formula is C17H26N2O. The van der Waals surface area contributed by atoms with Crippen LogP contribution >= 0.6 is 0 Å². The standard InChI is InChI=1S/C17H26N2O/c1-13-7-8-14(2)15(10-13)11-17(20)19-9-5-4-6-16(19)12-18-3/h7-8,10,16,18H,4-6,9,11-12H2,1-3H3. The van der Waals surface area contributed by atoms with Crippen molar-refractivity contribution in [1.29, 1.82) is 0 Å². The number of hydrogen-bond acceptors (Lipinski definition) is 2. The zero-order valence-electron chi connectivity index (χ0n) is 12.9. The maximum atomic E-state index is 12.6. The van der Waals surface area contributed by atoms with E-state index in [0.29, 0.717) is 12.5 Å². The quantitative estimate of drug-likeness (QED) is 0.914. The van der Waals surface area contributed by atoms with Gasteiger partial charge in [0.15, 0.2) is 0 Å². The highest BCUT2D eigenvalue weighted by atomic mass is 16.2. The highest BCUT2D eigenvalue weighted by Crippen LogP contribution is 2.19.